The zero-order valence-electron chi connectivity index (χ0n) is 9.90. The first-order valence-corrected chi connectivity index (χ1v) is 5.62. The molecule has 0 atom stereocenters. The lowest BCUT2D eigenvalue weighted by molar-refractivity contribution is 0.0806. The molecule has 0 fully saturated rings. The normalized spacial score (nSPS) is 10.8. The van der Waals surface area contributed by atoms with Gasteiger partial charge in [-0.3, -0.25) is 4.79 Å². The number of carbonyl (C=O) groups excluding carboxylic acids is 1. The van der Waals surface area contributed by atoms with Crippen molar-refractivity contribution < 1.29 is 14.3 Å². The third kappa shape index (κ3) is 4.21. The second-order valence-electron chi connectivity index (χ2n) is 3.36. The van der Waals surface area contributed by atoms with Crippen LogP contribution in [0.5, 0.6) is 5.75 Å². The van der Waals surface area contributed by atoms with Crippen LogP contribution < -0.4 is 4.74 Å². The van der Waals surface area contributed by atoms with Gasteiger partial charge in [0.2, 0.25) is 0 Å². The fourth-order valence-electron chi connectivity index (χ4n) is 1.24. The minimum atomic E-state index is -0.0981. The second-order valence-corrected chi connectivity index (χ2v) is 3.76. The van der Waals surface area contributed by atoms with Crippen LogP contribution in [0.3, 0.4) is 0 Å². The van der Waals surface area contributed by atoms with Crippen molar-refractivity contribution >= 4 is 17.4 Å². The Hall–Kier alpha value is -1.32. The van der Waals surface area contributed by atoms with E-state index in [2.05, 4.69) is 0 Å². The minimum Gasteiger partial charge on any atom is -0.495 e. The molecule has 4 heteroatoms. The zero-order chi connectivity index (χ0) is 12.7. The van der Waals surface area contributed by atoms with E-state index in [0.717, 1.165) is 0 Å². The molecule has 0 amide bonds. The van der Waals surface area contributed by atoms with E-state index >= 15 is 0 Å². The van der Waals surface area contributed by atoms with Crippen LogP contribution in [0.2, 0.25) is 5.02 Å². The molecule has 0 aliphatic heterocycles. The molecule has 0 saturated heterocycles. The fraction of sp³-hybridized carbons (Fsp3) is 0.308. The summed E-state index contributed by atoms with van der Waals surface area (Å²) in [5.74, 6) is 0.456. The molecule has 0 saturated carbocycles. The third-order valence-electron chi connectivity index (χ3n) is 2.16. The standard InChI is InChI=1S/C13H15ClO3/c1-3-4-7-17-9-12(15)10-5-6-13(16-2)11(14)8-10/h3-6,8H,7,9H2,1-2H3. The van der Waals surface area contributed by atoms with Gasteiger partial charge in [0.15, 0.2) is 5.78 Å². The molecule has 0 unspecified atom stereocenters. The van der Waals surface area contributed by atoms with Gasteiger partial charge in [-0.1, -0.05) is 23.8 Å². The second kappa shape index (κ2) is 7.09. The molecule has 0 bridgehead atoms. The molecule has 0 aliphatic carbocycles. The van der Waals surface area contributed by atoms with E-state index in [1.807, 2.05) is 19.1 Å². The van der Waals surface area contributed by atoms with Gasteiger partial charge < -0.3 is 9.47 Å². The Kier molecular flexibility index (Phi) is 5.73. The zero-order valence-corrected chi connectivity index (χ0v) is 10.7. The molecule has 3 nitrogen and oxygen atoms in total. The first kappa shape index (κ1) is 13.7. The van der Waals surface area contributed by atoms with E-state index in [4.69, 9.17) is 21.1 Å². The predicted octanol–water partition coefficient (Wildman–Crippen LogP) is 3.12. The van der Waals surface area contributed by atoms with E-state index in [-0.39, 0.29) is 12.4 Å². The van der Waals surface area contributed by atoms with E-state index in [0.29, 0.717) is 22.9 Å². The highest BCUT2D eigenvalue weighted by Crippen LogP contribution is 2.25. The third-order valence-corrected chi connectivity index (χ3v) is 2.45. The van der Waals surface area contributed by atoms with Crippen LogP contribution in [0, 0.1) is 0 Å². The van der Waals surface area contributed by atoms with Gasteiger partial charge in [0.1, 0.15) is 12.4 Å². The molecule has 0 aromatic heterocycles. The van der Waals surface area contributed by atoms with Gasteiger partial charge in [-0.05, 0) is 25.1 Å². The van der Waals surface area contributed by atoms with Crippen molar-refractivity contribution in [1.29, 1.82) is 0 Å². The lowest BCUT2D eigenvalue weighted by atomic mass is 10.1. The summed E-state index contributed by atoms with van der Waals surface area (Å²) >= 11 is 5.93. The highest BCUT2D eigenvalue weighted by molar-refractivity contribution is 6.32. The van der Waals surface area contributed by atoms with Crippen LogP contribution in [-0.4, -0.2) is 26.1 Å². The summed E-state index contributed by atoms with van der Waals surface area (Å²) in [4.78, 5) is 11.7. The highest BCUT2D eigenvalue weighted by atomic mass is 35.5. The van der Waals surface area contributed by atoms with E-state index in [1.165, 1.54) is 7.11 Å². The number of ketones is 1. The summed E-state index contributed by atoms with van der Waals surface area (Å²) in [6.45, 7) is 2.38. The van der Waals surface area contributed by atoms with Crippen molar-refractivity contribution in [3.8, 4) is 5.75 Å². The number of methoxy groups -OCH3 is 1. The number of Topliss-reactive ketones (excluding diaryl/α,β-unsaturated/α-hetero) is 1. The quantitative estimate of drug-likeness (QED) is 0.445. The van der Waals surface area contributed by atoms with Gasteiger partial charge in [-0.15, -0.1) is 0 Å². The van der Waals surface area contributed by atoms with E-state index in [1.54, 1.807) is 18.2 Å². The summed E-state index contributed by atoms with van der Waals surface area (Å²) in [5.41, 5.74) is 0.524. The summed E-state index contributed by atoms with van der Waals surface area (Å²) in [6, 6.07) is 4.93. The van der Waals surface area contributed by atoms with E-state index in [9.17, 15) is 4.79 Å². The SMILES string of the molecule is CC=CCOCC(=O)c1ccc(OC)c(Cl)c1. The molecular formula is C13H15ClO3. The Morgan fingerprint density at radius 2 is 2.24 bits per heavy atom. The molecule has 0 aliphatic rings. The molecular weight excluding hydrogens is 240 g/mol. The number of ether oxygens (including phenoxy) is 2. The van der Waals surface area contributed by atoms with Crippen LogP contribution in [0.25, 0.3) is 0 Å². The average Bonchev–Trinajstić information content (AvgIpc) is 2.34. The lowest BCUT2D eigenvalue weighted by Crippen LogP contribution is -2.09. The summed E-state index contributed by atoms with van der Waals surface area (Å²) in [5, 5.41) is 0.423. The Balaban J connectivity index is 2.60. The molecule has 0 radical (unpaired) electrons. The summed E-state index contributed by atoms with van der Waals surface area (Å²) in [7, 11) is 1.53. The number of halogens is 1. The van der Waals surface area contributed by atoms with Crippen molar-refractivity contribution in [2.45, 2.75) is 6.92 Å². The van der Waals surface area contributed by atoms with Crippen molar-refractivity contribution in [1.82, 2.24) is 0 Å². The molecule has 1 rings (SSSR count). The van der Waals surface area contributed by atoms with Gasteiger partial charge in [0.25, 0.3) is 0 Å². The van der Waals surface area contributed by atoms with Gasteiger partial charge >= 0.3 is 0 Å². The Bertz CT molecular complexity index is 413. The molecule has 0 spiro atoms. The van der Waals surface area contributed by atoms with Crippen LogP contribution in [-0.2, 0) is 4.74 Å². The van der Waals surface area contributed by atoms with E-state index < -0.39 is 0 Å². The number of benzene rings is 1. The number of hydrogen-bond donors (Lipinski definition) is 0. The lowest BCUT2D eigenvalue weighted by Gasteiger charge is -2.05. The molecule has 0 heterocycles. The molecule has 1 aromatic carbocycles. The number of hydrogen-bond acceptors (Lipinski definition) is 3. The maximum absolute atomic E-state index is 11.7. The van der Waals surface area contributed by atoms with Crippen molar-refractivity contribution in [2.24, 2.45) is 0 Å². The smallest absolute Gasteiger partial charge is 0.188 e. The predicted molar refractivity (Wildman–Crippen MR) is 68.0 cm³/mol. The molecule has 0 N–H and O–H groups in total. The maximum atomic E-state index is 11.7. The van der Waals surface area contributed by atoms with Crippen LogP contribution >= 0.6 is 11.6 Å². The number of carbonyl (C=O) groups is 1. The first-order valence-electron chi connectivity index (χ1n) is 5.24. The summed E-state index contributed by atoms with van der Waals surface area (Å²) in [6.07, 6.45) is 3.71. The van der Waals surface area contributed by atoms with Crippen molar-refractivity contribution in [2.75, 3.05) is 20.3 Å². The molecule has 92 valence electrons. The minimum absolute atomic E-state index is 0.0486. The summed E-state index contributed by atoms with van der Waals surface area (Å²) < 4.78 is 10.2. The van der Waals surface area contributed by atoms with Crippen LogP contribution in [0.1, 0.15) is 17.3 Å². The molecule has 17 heavy (non-hydrogen) atoms. The topological polar surface area (TPSA) is 35.5 Å². The number of allylic oxidation sites excluding steroid dienone is 1. The van der Waals surface area contributed by atoms with Crippen molar-refractivity contribution in [3.63, 3.8) is 0 Å². The van der Waals surface area contributed by atoms with Crippen LogP contribution in [0.15, 0.2) is 30.4 Å². The Morgan fingerprint density at radius 1 is 1.47 bits per heavy atom. The molecule has 1 aromatic rings. The largest absolute Gasteiger partial charge is 0.495 e. The van der Waals surface area contributed by atoms with Gasteiger partial charge in [0.05, 0.1) is 18.7 Å². The monoisotopic (exact) mass is 254 g/mol. The Labute approximate surface area is 106 Å². The average molecular weight is 255 g/mol. The maximum Gasteiger partial charge on any atom is 0.188 e. The fourth-order valence-corrected chi connectivity index (χ4v) is 1.50. The van der Waals surface area contributed by atoms with Crippen LogP contribution in [0.4, 0.5) is 0 Å². The van der Waals surface area contributed by atoms with Gasteiger partial charge in [0, 0.05) is 5.56 Å². The Morgan fingerprint density at radius 3 is 2.82 bits per heavy atom. The van der Waals surface area contributed by atoms with Gasteiger partial charge in [-0.2, -0.15) is 0 Å². The first-order chi connectivity index (χ1) is 8.19. The van der Waals surface area contributed by atoms with Gasteiger partial charge in [-0.25, -0.2) is 0 Å². The van der Waals surface area contributed by atoms with Crippen molar-refractivity contribution in [3.05, 3.63) is 40.9 Å². The number of rotatable bonds is 6. The highest BCUT2D eigenvalue weighted by Gasteiger charge is 2.08.